The van der Waals surface area contributed by atoms with Crippen molar-refractivity contribution < 1.29 is 4.79 Å². The molecule has 0 atom stereocenters. The lowest BCUT2D eigenvalue weighted by Gasteiger charge is -2.18. The molecular formula is C15H17BrN2OS. The van der Waals surface area contributed by atoms with Gasteiger partial charge in [0, 0.05) is 35.6 Å². The summed E-state index contributed by atoms with van der Waals surface area (Å²) in [5.74, 6) is 0.0702. The third kappa shape index (κ3) is 3.84. The predicted molar refractivity (Wildman–Crippen MR) is 87.9 cm³/mol. The summed E-state index contributed by atoms with van der Waals surface area (Å²) in [4.78, 5) is 14.3. The molecule has 0 bridgehead atoms. The van der Waals surface area contributed by atoms with Crippen LogP contribution in [0.25, 0.3) is 0 Å². The number of thiophene rings is 1. The van der Waals surface area contributed by atoms with Gasteiger partial charge in [-0.1, -0.05) is 18.2 Å². The van der Waals surface area contributed by atoms with Gasteiger partial charge in [0.25, 0.3) is 0 Å². The molecule has 1 amide bonds. The molecule has 0 saturated carbocycles. The Bertz CT molecular complexity index is 597. The number of nitrogens with one attached hydrogen (secondary N) is 1. The van der Waals surface area contributed by atoms with Crippen LogP contribution in [0.4, 0.5) is 5.69 Å². The monoisotopic (exact) mass is 352 g/mol. The zero-order valence-corrected chi connectivity index (χ0v) is 13.9. The van der Waals surface area contributed by atoms with Crippen molar-refractivity contribution >= 4 is 38.9 Å². The fourth-order valence-corrected chi connectivity index (χ4v) is 3.26. The second kappa shape index (κ2) is 6.90. The van der Waals surface area contributed by atoms with Crippen LogP contribution < -0.4 is 5.32 Å². The van der Waals surface area contributed by atoms with Gasteiger partial charge in [-0.15, -0.1) is 11.3 Å². The standard InChI is InChI=1S/C15H17BrN2OS/c1-11(19)18(2)10-12-5-3-4-6-14(12)17-9-15-13(16)7-8-20-15/h3-8,17H,9-10H2,1-2H3. The average molecular weight is 353 g/mol. The van der Waals surface area contributed by atoms with Crippen molar-refractivity contribution in [2.75, 3.05) is 12.4 Å². The van der Waals surface area contributed by atoms with Crippen LogP contribution in [0.2, 0.25) is 0 Å². The van der Waals surface area contributed by atoms with Gasteiger partial charge in [0.1, 0.15) is 0 Å². The Labute approximate surface area is 131 Å². The van der Waals surface area contributed by atoms with E-state index in [-0.39, 0.29) is 5.91 Å². The molecule has 0 aliphatic rings. The van der Waals surface area contributed by atoms with Crippen LogP contribution >= 0.6 is 27.3 Å². The number of benzene rings is 1. The molecule has 20 heavy (non-hydrogen) atoms. The molecule has 0 aliphatic carbocycles. The van der Waals surface area contributed by atoms with Crippen LogP contribution in [-0.2, 0) is 17.9 Å². The molecule has 0 radical (unpaired) electrons. The van der Waals surface area contributed by atoms with Gasteiger partial charge < -0.3 is 10.2 Å². The number of carbonyl (C=O) groups excluding carboxylic acids is 1. The van der Waals surface area contributed by atoms with Crippen molar-refractivity contribution in [1.82, 2.24) is 4.90 Å². The lowest BCUT2D eigenvalue weighted by Crippen LogP contribution is -2.23. The van der Waals surface area contributed by atoms with Crippen molar-refractivity contribution in [1.29, 1.82) is 0 Å². The summed E-state index contributed by atoms with van der Waals surface area (Å²) in [6, 6.07) is 10.1. The normalized spacial score (nSPS) is 10.3. The largest absolute Gasteiger partial charge is 0.380 e. The molecule has 0 unspecified atom stereocenters. The van der Waals surface area contributed by atoms with Gasteiger partial charge >= 0.3 is 0 Å². The molecule has 0 saturated heterocycles. The van der Waals surface area contributed by atoms with E-state index in [4.69, 9.17) is 0 Å². The van der Waals surface area contributed by atoms with Crippen LogP contribution in [0.5, 0.6) is 0 Å². The first-order valence-electron chi connectivity index (χ1n) is 6.33. The van der Waals surface area contributed by atoms with Gasteiger partial charge in [0.2, 0.25) is 5.91 Å². The highest BCUT2D eigenvalue weighted by Gasteiger charge is 2.08. The number of anilines is 1. The SMILES string of the molecule is CC(=O)N(C)Cc1ccccc1NCc1sccc1Br. The Morgan fingerprint density at radius 2 is 2.10 bits per heavy atom. The maximum atomic E-state index is 11.3. The maximum absolute atomic E-state index is 11.3. The van der Waals surface area contributed by atoms with Crippen LogP contribution in [0.1, 0.15) is 17.4 Å². The van der Waals surface area contributed by atoms with E-state index >= 15 is 0 Å². The first kappa shape index (κ1) is 15.1. The number of hydrogen-bond acceptors (Lipinski definition) is 3. The van der Waals surface area contributed by atoms with Crippen molar-refractivity contribution in [2.24, 2.45) is 0 Å². The van der Waals surface area contributed by atoms with Crippen LogP contribution in [-0.4, -0.2) is 17.9 Å². The molecule has 1 aromatic heterocycles. The number of carbonyl (C=O) groups is 1. The number of hydrogen-bond donors (Lipinski definition) is 1. The minimum absolute atomic E-state index is 0.0702. The van der Waals surface area contributed by atoms with Gasteiger partial charge in [-0.2, -0.15) is 0 Å². The van der Waals surface area contributed by atoms with Gasteiger partial charge in [-0.05, 0) is 39.0 Å². The van der Waals surface area contributed by atoms with Crippen LogP contribution in [0.3, 0.4) is 0 Å². The molecule has 1 N–H and O–H groups in total. The van der Waals surface area contributed by atoms with Gasteiger partial charge in [0.05, 0.1) is 6.54 Å². The predicted octanol–water partition coefficient (Wildman–Crippen LogP) is 4.10. The Morgan fingerprint density at radius 1 is 1.35 bits per heavy atom. The first-order valence-corrected chi connectivity index (χ1v) is 8.00. The molecule has 2 rings (SSSR count). The molecule has 3 nitrogen and oxygen atoms in total. The number of halogens is 1. The Morgan fingerprint density at radius 3 is 2.75 bits per heavy atom. The Kier molecular flexibility index (Phi) is 5.20. The number of rotatable bonds is 5. The second-order valence-corrected chi connectivity index (χ2v) is 6.43. The minimum atomic E-state index is 0.0702. The topological polar surface area (TPSA) is 32.3 Å². The van der Waals surface area contributed by atoms with Crippen LogP contribution in [0.15, 0.2) is 40.2 Å². The average Bonchev–Trinajstić information content (AvgIpc) is 2.83. The fraction of sp³-hybridized carbons (Fsp3) is 0.267. The van der Waals surface area contributed by atoms with Gasteiger partial charge in [-0.3, -0.25) is 4.79 Å². The lowest BCUT2D eigenvalue weighted by atomic mass is 10.1. The number of nitrogens with zero attached hydrogens (tertiary/aromatic N) is 1. The quantitative estimate of drug-likeness (QED) is 0.878. The summed E-state index contributed by atoms with van der Waals surface area (Å²) in [7, 11) is 1.81. The molecule has 0 spiro atoms. The molecule has 1 heterocycles. The molecule has 1 aromatic carbocycles. The molecular weight excluding hydrogens is 336 g/mol. The zero-order valence-electron chi connectivity index (χ0n) is 11.5. The summed E-state index contributed by atoms with van der Waals surface area (Å²) in [5, 5.41) is 5.51. The van der Waals surface area contributed by atoms with E-state index in [9.17, 15) is 4.79 Å². The lowest BCUT2D eigenvalue weighted by molar-refractivity contribution is -0.128. The van der Waals surface area contributed by atoms with Crippen molar-refractivity contribution in [2.45, 2.75) is 20.0 Å². The van der Waals surface area contributed by atoms with E-state index in [2.05, 4.69) is 32.7 Å². The van der Waals surface area contributed by atoms with Gasteiger partial charge in [0.15, 0.2) is 0 Å². The van der Waals surface area contributed by atoms with E-state index in [0.29, 0.717) is 6.54 Å². The van der Waals surface area contributed by atoms with E-state index in [1.807, 2.05) is 31.3 Å². The zero-order chi connectivity index (χ0) is 14.5. The second-order valence-electron chi connectivity index (χ2n) is 4.58. The molecule has 0 aliphatic heterocycles. The highest BCUT2D eigenvalue weighted by atomic mass is 79.9. The van der Waals surface area contributed by atoms with Crippen LogP contribution in [0, 0.1) is 0 Å². The summed E-state index contributed by atoms with van der Waals surface area (Å²) < 4.78 is 1.13. The Balaban J connectivity index is 2.08. The summed E-state index contributed by atoms with van der Waals surface area (Å²) in [5.41, 5.74) is 2.19. The smallest absolute Gasteiger partial charge is 0.219 e. The van der Waals surface area contributed by atoms with Gasteiger partial charge in [-0.25, -0.2) is 0 Å². The summed E-state index contributed by atoms with van der Waals surface area (Å²) in [6.07, 6.45) is 0. The van der Waals surface area contributed by atoms with Crippen molar-refractivity contribution in [3.05, 3.63) is 50.6 Å². The van der Waals surface area contributed by atoms with Crippen molar-refractivity contribution in [3.8, 4) is 0 Å². The number of para-hydroxylation sites is 1. The van der Waals surface area contributed by atoms with E-state index in [1.54, 1.807) is 23.2 Å². The minimum Gasteiger partial charge on any atom is -0.380 e. The summed E-state index contributed by atoms with van der Waals surface area (Å²) in [6.45, 7) is 2.97. The van der Waals surface area contributed by atoms with E-state index in [0.717, 1.165) is 22.3 Å². The maximum Gasteiger partial charge on any atom is 0.219 e. The number of amides is 1. The fourth-order valence-electron chi connectivity index (χ4n) is 1.82. The Hall–Kier alpha value is -1.33. The van der Waals surface area contributed by atoms with E-state index in [1.165, 1.54) is 4.88 Å². The molecule has 5 heteroatoms. The molecule has 2 aromatic rings. The van der Waals surface area contributed by atoms with Crippen molar-refractivity contribution in [3.63, 3.8) is 0 Å². The first-order chi connectivity index (χ1) is 9.58. The van der Waals surface area contributed by atoms with E-state index < -0.39 is 0 Å². The molecule has 106 valence electrons. The highest BCUT2D eigenvalue weighted by Crippen LogP contribution is 2.25. The third-order valence-corrected chi connectivity index (χ3v) is 5.02. The third-order valence-electron chi connectivity index (χ3n) is 3.09. The summed E-state index contributed by atoms with van der Waals surface area (Å²) >= 11 is 5.25. The molecule has 0 fully saturated rings. The highest BCUT2D eigenvalue weighted by molar-refractivity contribution is 9.10.